The molecule has 0 radical (unpaired) electrons. The van der Waals surface area contributed by atoms with E-state index in [1.807, 2.05) is 0 Å². The summed E-state index contributed by atoms with van der Waals surface area (Å²) < 4.78 is 41.5. The third kappa shape index (κ3) is 3.01. The van der Waals surface area contributed by atoms with Crippen LogP contribution in [0.2, 0.25) is 0 Å². The van der Waals surface area contributed by atoms with Gasteiger partial charge in [0.15, 0.2) is 0 Å². The second kappa shape index (κ2) is 5.38. The Balaban J connectivity index is 2.58. The Labute approximate surface area is 122 Å². The minimum Gasteiger partial charge on any atom is -0.461 e. The molecule has 0 unspecified atom stereocenters. The van der Waals surface area contributed by atoms with E-state index in [1.165, 1.54) is 6.07 Å². The molecule has 0 aliphatic rings. The number of benzene rings is 1. The molecule has 7 nitrogen and oxygen atoms in total. The molecule has 0 aliphatic heterocycles. The fourth-order valence-corrected chi connectivity index (χ4v) is 2.54. The standard InChI is InChI=1S/C13H15NO6S/c1-4-19-13(15)11-7-9-8(2)12(20-21(16,17)18)6-5-10(9)14(11)3/h5-7H,4H2,1-3H3,(H,16,17,18). The third-order valence-electron chi connectivity index (χ3n) is 3.13. The summed E-state index contributed by atoms with van der Waals surface area (Å²) >= 11 is 0. The van der Waals surface area contributed by atoms with E-state index in [4.69, 9.17) is 9.29 Å². The number of aromatic nitrogens is 1. The van der Waals surface area contributed by atoms with Crippen LogP contribution in [0.4, 0.5) is 0 Å². The molecule has 0 atom stereocenters. The lowest BCUT2D eigenvalue weighted by molar-refractivity contribution is 0.0516. The lowest BCUT2D eigenvalue weighted by atomic mass is 10.1. The van der Waals surface area contributed by atoms with Crippen LogP contribution in [-0.2, 0) is 22.2 Å². The van der Waals surface area contributed by atoms with E-state index < -0.39 is 16.4 Å². The van der Waals surface area contributed by atoms with Crippen LogP contribution in [0, 0.1) is 6.92 Å². The van der Waals surface area contributed by atoms with Gasteiger partial charge in [-0.05, 0) is 32.0 Å². The van der Waals surface area contributed by atoms with E-state index in [0.717, 1.165) is 5.52 Å². The molecule has 0 saturated carbocycles. The normalized spacial score (nSPS) is 11.6. The van der Waals surface area contributed by atoms with Crippen LogP contribution in [0.5, 0.6) is 5.75 Å². The van der Waals surface area contributed by atoms with E-state index in [2.05, 4.69) is 4.18 Å². The molecule has 0 saturated heterocycles. The third-order valence-corrected chi connectivity index (χ3v) is 3.52. The summed E-state index contributed by atoms with van der Waals surface area (Å²) in [6, 6.07) is 4.62. The molecule has 8 heteroatoms. The molecule has 114 valence electrons. The Morgan fingerprint density at radius 2 is 2.05 bits per heavy atom. The fourth-order valence-electron chi connectivity index (χ4n) is 2.14. The first-order valence-corrected chi connectivity index (χ1v) is 7.54. The van der Waals surface area contributed by atoms with Crippen LogP contribution in [-0.4, -0.2) is 30.1 Å². The van der Waals surface area contributed by atoms with Crippen molar-refractivity contribution in [3.63, 3.8) is 0 Å². The number of ether oxygens (including phenoxy) is 1. The molecule has 1 aromatic carbocycles. The van der Waals surface area contributed by atoms with Crippen LogP contribution in [0.3, 0.4) is 0 Å². The zero-order valence-electron chi connectivity index (χ0n) is 11.8. The molecular weight excluding hydrogens is 298 g/mol. The number of aryl methyl sites for hydroxylation is 2. The van der Waals surface area contributed by atoms with E-state index in [0.29, 0.717) is 16.6 Å². The first-order valence-electron chi connectivity index (χ1n) is 6.17. The molecule has 2 aromatic rings. The molecule has 0 spiro atoms. The van der Waals surface area contributed by atoms with Gasteiger partial charge in [0, 0.05) is 23.5 Å². The highest BCUT2D eigenvalue weighted by molar-refractivity contribution is 7.81. The Kier molecular flexibility index (Phi) is 3.93. The first kappa shape index (κ1) is 15.3. The van der Waals surface area contributed by atoms with E-state index in [9.17, 15) is 13.2 Å². The largest absolute Gasteiger partial charge is 0.461 e. The SMILES string of the molecule is CCOC(=O)c1cc2c(C)c(OS(=O)(=O)O)ccc2n1C. The van der Waals surface area contributed by atoms with Crippen molar-refractivity contribution in [2.75, 3.05) is 6.61 Å². The van der Waals surface area contributed by atoms with Gasteiger partial charge in [0.1, 0.15) is 11.4 Å². The summed E-state index contributed by atoms with van der Waals surface area (Å²) in [5.74, 6) is -0.459. The first-order chi connectivity index (χ1) is 9.74. The second-order valence-corrected chi connectivity index (χ2v) is 5.46. The van der Waals surface area contributed by atoms with Gasteiger partial charge < -0.3 is 13.5 Å². The van der Waals surface area contributed by atoms with E-state index in [-0.39, 0.29) is 12.4 Å². The van der Waals surface area contributed by atoms with E-state index in [1.54, 1.807) is 37.6 Å². The predicted molar refractivity (Wildman–Crippen MR) is 75.8 cm³/mol. The Morgan fingerprint density at radius 3 is 2.62 bits per heavy atom. The van der Waals surface area contributed by atoms with Gasteiger partial charge in [0.05, 0.1) is 6.61 Å². The minimum atomic E-state index is -4.60. The van der Waals surface area contributed by atoms with Crippen molar-refractivity contribution in [3.05, 3.63) is 29.5 Å². The van der Waals surface area contributed by atoms with Gasteiger partial charge in [-0.1, -0.05) is 0 Å². The number of esters is 1. The molecule has 1 heterocycles. The highest BCUT2D eigenvalue weighted by Crippen LogP contribution is 2.30. The molecule has 0 bridgehead atoms. The second-order valence-electron chi connectivity index (χ2n) is 4.44. The highest BCUT2D eigenvalue weighted by Gasteiger charge is 2.18. The summed E-state index contributed by atoms with van der Waals surface area (Å²) in [7, 11) is -2.89. The summed E-state index contributed by atoms with van der Waals surface area (Å²) in [5.41, 5.74) is 1.56. The number of nitrogens with zero attached hydrogens (tertiary/aromatic N) is 1. The lowest BCUT2D eigenvalue weighted by Crippen LogP contribution is -2.09. The maximum Gasteiger partial charge on any atom is 0.446 e. The van der Waals surface area contributed by atoms with Gasteiger partial charge in [-0.25, -0.2) is 4.79 Å². The highest BCUT2D eigenvalue weighted by atomic mass is 32.3. The van der Waals surface area contributed by atoms with Crippen molar-refractivity contribution in [1.82, 2.24) is 4.57 Å². The summed E-state index contributed by atoms with van der Waals surface area (Å²) in [6.07, 6.45) is 0. The average Bonchev–Trinajstić information content (AvgIpc) is 2.70. The summed E-state index contributed by atoms with van der Waals surface area (Å²) in [6.45, 7) is 3.61. The van der Waals surface area contributed by atoms with E-state index >= 15 is 0 Å². The number of hydrogen-bond donors (Lipinski definition) is 1. The topological polar surface area (TPSA) is 94.8 Å². The number of hydrogen-bond acceptors (Lipinski definition) is 5. The van der Waals surface area contributed by atoms with Crippen molar-refractivity contribution in [3.8, 4) is 5.75 Å². The Bertz CT molecular complexity index is 806. The molecule has 1 N–H and O–H groups in total. The van der Waals surface area contributed by atoms with Crippen LogP contribution in [0.1, 0.15) is 23.0 Å². The minimum absolute atomic E-state index is 0.00556. The molecule has 21 heavy (non-hydrogen) atoms. The van der Waals surface area contributed by atoms with Gasteiger partial charge >= 0.3 is 16.4 Å². The smallest absolute Gasteiger partial charge is 0.446 e. The molecule has 0 fully saturated rings. The van der Waals surface area contributed by atoms with Crippen LogP contribution in [0.25, 0.3) is 10.9 Å². The van der Waals surface area contributed by atoms with Gasteiger partial charge in [-0.2, -0.15) is 8.42 Å². The van der Waals surface area contributed by atoms with Crippen molar-refractivity contribution < 1.29 is 26.7 Å². The van der Waals surface area contributed by atoms with Gasteiger partial charge in [-0.3, -0.25) is 4.55 Å². The summed E-state index contributed by atoms with van der Waals surface area (Å²) in [4.78, 5) is 11.8. The van der Waals surface area contributed by atoms with Crippen LogP contribution in [0.15, 0.2) is 18.2 Å². The fraction of sp³-hybridized carbons (Fsp3) is 0.308. The quantitative estimate of drug-likeness (QED) is 0.683. The van der Waals surface area contributed by atoms with Crippen molar-refractivity contribution in [2.45, 2.75) is 13.8 Å². The maximum atomic E-state index is 11.8. The number of carbonyl (C=O) groups excluding carboxylic acids is 1. The monoisotopic (exact) mass is 313 g/mol. The Morgan fingerprint density at radius 1 is 1.38 bits per heavy atom. The average molecular weight is 313 g/mol. The van der Waals surface area contributed by atoms with Gasteiger partial charge in [0.25, 0.3) is 0 Å². The zero-order valence-corrected chi connectivity index (χ0v) is 12.6. The Hall–Kier alpha value is -2.06. The predicted octanol–water partition coefficient (Wildman–Crippen LogP) is 1.85. The molecular formula is C13H15NO6S. The number of fused-ring (bicyclic) bond motifs is 1. The lowest BCUT2D eigenvalue weighted by Gasteiger charge is -2.07. The van der Waals surface area contributed by atoms with Crippen molar-refractivity contribution >= 4 is 27.3 Å². The van der Waals surface area contributed by atoms with Crippen LogP contribution >= 0.6 is 0 Å². The van der Waals surface area contributed by atoms with Crippen molar-refractivity contribution in [2.24, 2.45) is 7.05 Å². The van der Waals surface area contributed by atoms with Gasteiger partial charge in [0.2, 0.25) is 0 Å². The number of carbonyl (C=O) groups is 1. The van der Waals surface area contributed by atoms with Crippen molar-refractivity contribution in [1.29, 1.82) is 0 Å². The summed E-state index contributed by atoms with van der Waals surface area (Å²) in [5, 5.41) is 0.640. The molecule has 1 aromatic heterocycles. The zero-order chi connectivity index (χ0) is 15.8. The molecule has 0 aliphatic carbocycles. The molecule has 0 amide bonds. The van der Waals surface area contributed by atoms with Gasteiger partial charge in [-0.15, -0.1) is 0 Å². The van der Waals surface area contributed by atoms with Crippen LogP contribution < -0.4 is 4.18 Å². The maximum absolute atomic E-state index is 11.8. The number of rotatable bonds is 4. The molecule has 2 rings (SSSR count).